The molecule has 0 bridgehead atoms. The molecule has 0 aliphatic rings. The monoisotopic (exact) mass is 534 g/mol. The standard InChI is InChI=1S/C23H20ClFN4O6S/c24-14-8-12(10-27-19(30)6-3-13-2-1-7-35-13)9-15(25)20(14)22(32)29-16(23(33)34)11-28-21(31)17-4-5-18(26)36-17/h1-9,16H,10-11,26H2,(H,27,30)(H,28,31)(H,29,32)(H,33,34)/t16-/m0/s1. The highest BCUT2D eigenvalue weighted by molar-refractivity contribution is 7.17. The summed E-state index contributed by atoms with van der Waals surface area (Å²) in [5.74, 6) is -4.12. The van der Waals surface area contributed by atoms with Gasteiger partial charge in [-0.2, -0.15) is 0 Å². The molecule has 10 nitrogen and oxygen atoms in total. The highest BCUT2D eigenvalue weighted by Gasteiger charge is 2.25. The Bertz CT molecular complexity index is 1280. The number of benzene rings is 1. The number of nitrogens with two attached hydrogens (primary N) is 1. The topological polar surface area (TPSA) is 164 Å². The lowest BCUT2D eigenvalue weighted by Gasteiger charge is -2.16. The third-order valence-electron chi connectivity index (χ3n) is 4.66. The number of rotatable bonds is 10. The maximum atomic E-state index is 14.7. The number of halogens is 2. The maximum absolute atomic E-state index is 14.7. The fourth-order valence-electron chi connectivity index (χ4n) is 2.92. The van der Waals surface area contributed by atoms with E-state index in [2.05, 4.69) is 16.0 Å². The van der Waals surface area contributed by atoms with Crippen LogP contribution in [0.3, 0.4) is 0 Å². The number of nitrogen functional groups attached to an aromatic ring is 1. The quantitative estimate of drug-likeness (QED) is 0.249. The van der Waals surface area contributed by atoms with E-state index in [-0.39, 0.29) is 22.0 Å². The number of carboxylic acids is 1. The number of anilines is 1. The molecule has 0 radical (unpaired) electrons. The summed E-state index contributed by atoms with van der Waals surface area (Å²) in [6, 6.07) is 7.02. The van der Waals surface area contributed by atoms with Gasteiger partial charge in [0.2, 0.25) is 5.91 Å². The highest BCUT2D eigenvalue weighted by Crippen LogP contribution is 2.22. The molecule has 0 unspecified atom stereocenters. The van der Waals surface area contributed by atoms with Crippen LogP contribution in [0.4, 0.5) is 9.39 Å². The minimum Gasteiger partial charge on any atom is -0.480 e. The molecule has 0 aliphatic heterocycles. The molecule has 0 aliphatic carbocycles. The second kappa shape index (κ2) is 12.0. The number of carbonyl (C=O) groups excluding carboxylic acids is 3. The maximum Gasteiger partial charge on any atom is 0.328 e. The average molecular weight is 535 g/mol. The van der Waals surface area contributed by atoms with E-state index in [4.69, 9.17) is 21.8 Å². The van der Waals surface area contributed by atoms with E-state index in [1.54, 1.807) is 12.1 Å². The average Bonchev–Trinajstić information content (AvgIpc) is 3.50. The number of nitrogens with one attached hydrogen (secondary N) is 3. The van der Waals surface area contributed by atoms with E-state index in [0.29, 0.717) is 10.8 Å². The molecule has 3 amide bonds. The normalized spacial score (nSPS) is 11.7. The first-order valence-corrected chi connectivity index (χ1v) is 11.5. The van der Waals surface area contributed by atoms with Gasteiger partial charge in [-0.3, -0.25) is 14.4 Å². The molecule has 13 heteroatoms. The Kier molecular flexibility index (Phi) is 8.81. The molecular weight excluding hydrogens is 515 g/mol. The summed E-state index contributed by atoms with van der Waals surface area (Å²) in [7, 11) is 0. The third kappa shape index (κ3) is 7.17. The molecule has 2 heterocycles. The zero-order valence-electron chi connectivity index (χ0n) is 18.4. The summed E-state index contributed by atoms with van der Waals surface area (Å²) in [6.45, 7) is -0.552. The van der Waals surface area contributed by atoms with Gasteiger partial charge < -0.3 is 31.2 Å². The molecule has 2 aromatic heterocycles. The van der Waals surface area contributed by atoms with Crippen LogP contribution in [0.2, 0.25) is 5.02 Å². The van der Waals surface area contributed by atoms with Gasteiger partial charge in [0.25, 0.3) is 11.8 Å². The second-order valence-corrected chi connectivity index (χ2v) is 8.80. The summed E-state index contributed by atoms with van der Waals surface area (Å²) in [5, 5.41) is 16.6. The van der Waals surface area contributed by atoms with E-state index in [1.807, 2.05) is 0 Å². The molecule has 36 heavy (non-hydrogen) atoms. The van der Waals surface area contributed by atoms with E-state index >= 15 is 0 Å². The summed E-state index contributed by atoms with van der Waals surface area (Å²) in [6.07, 6.45) is 4.14. The number of carboxylic acid groups (broad SMARTS) is 1. The van der Waals surface area contributed by atoms with Crippen molar-refractivity contribution >= 4 is 57.7 Å². The Morgan fingerprint density at radius 1 is 1.17 bits per heavy atom. The van der Waals surface area contributed by atoms with Crippen molar-refractivity contribution in [1.82, 2.24) is 16.0 Å². The zero-order chi connectivity index (χ0) is 26.2. The predicted molar refractivity (Wildman–Crippen MR) is 131 cm³/mol. The van der Waals surface area contributed by atoms with Crippen molar-refractivity contribution < 1.29 is 33.1 Å². The Balaban J connectivity index is 1.60. The number of hydrogen-bond donors (Lipinski definition) is 5. The van der Waals surface area contributed by atoms with Gasteiger partial charge in [-0.05, 0) is 48.0 Å². The number of furan rings is 1. The predicted octanol–water partition coefficient (Wildman–Crippen LogP) is 2.66. The minimum absolute atomic E-state index is 0.0864. The Labute approximate surface area is 212 Å². The van der Waals surface area contributed by atoms with Crippen molar-refractivity contribution in [3.63, 3.8) is 0 Å². The van der Waals surface area contributed by atoms with Gasteiger partial charge >= 0.3 is 5.97 Å². The number of carbonyl (C=O) groups is 4. The number of thiophene rings is 1. The Morgan fingerprint density at radius 2 is 1.94 bits per heavy atom. The van der Waals surface area contributed by atoms with Crippen molar-refractivity contribution in [3.05, 3.63) is 81.3 Å². The molecular formula is C23H20ClFN4O6S. The van der Waals surface area contributed by atoms with Gasteiger partial charge in [0, 0.05) is 19.2 Å². The lowest BCUT2D eigenvalue weighted by Crippen LogP contribution is -2.48. The largest absolute Gasteiger partial charge is 0.480 e. The summed E-state index contributed by atoms with van der Waals surface area (Å²) < 4.78 is 19.8. The van der Waals surface area contributed by atoms with Crippen LogP contribution in [0, 0.1) is 5.82 Å². The van der Waals surface area contributed by atoms with Crippen LogP contribution in [0.5, 0.6) is 0 Å². The van der Waals surface area contributed by atoms with Crippen LogP contribution >= 0.6 is 22.9 Å². The molecule has 3 rings (SSSR count). The SMILES string of the molecule is Nc1ccc(C(=O)NC[C@H](NC(=O)c2c(F)cc(CNC(=O)C=Cc3ccco3)cc2Cl)C(=O)O)s1. The number of amides is 3. The van der Waals surface area contributed by atoms with Crippen molar-refractivity contribution in [1.29, 1.82) is 0 Å². The lowest BCUT2D eigenvalue weighted by atomic mass is 10.1. The van der Waals surface area contributed by atoms with Gasteiger partial charge in [-0.1, -0.05) is 11.6 Å². The van der Waals surface area contributed by atoms with Crippen molar-refractivity contribution in [2.45, 2.75) is 12.6 Å². The minimum atomic E-state index is -1.56. The molecule has 0 saturated heterocycles. The second-order valence-electron chi connectivity index (χ2n) is 7.28. The van der Waals surface area contributed by atoms with E-state index in [1.165, 1.54) is 36.6 Å². The van der Waals surface area contributed by atoms with Gasteiger partial charge in [0.1, 0.15) is 17.6 Å². The van der Waals surface area contributed by atoms with Crippen LogP contribution in [0.1, 0.15) is 31.4 Å². The first kappa shape index (κ1) is 26.4. The van der Waals surface area contributed by atoms with Gasteiger partial charge in [-0.25, -0.2) is 9.18 Å². The Hall–Kier alpha value is -4.16. The van der Waals surface area contributed by atoms with Crippen LogP contribution < -0.4 is 21.7 Å². The smallest absolute Gasteiger partial charge is 0.328 e. The lowest BCUT2D eigenvalue weighted by molar-refractivity contribution is -0.139. The fourth-order valence-corrected chi connectivity index (χ4v) is 3.93. The zero-order valence-corrected chi connectivity index (χ0v) is 20.0. The van der Waals surface area contributed by atoms with Gasteiger partial charge in [0.05, 0.1) is 26.7 Å². The molecule has 1 atom stereocenters. The van der Waals surface area contributed by atoms with Gasteiger partial charge in [0.15, 0.2) is 0 Å². The molecule has 3 aromatic rings. The van der Waals surface area contributed by atoms with Crippen LogP contribution in [-0.2, 0) is 16.1 Å². The van der Waals surface area contributed by atoms with Crippen molar-refractivity contribution in [3.8, 4) is 0 Å². The molecule has 0 spiro atoms. The first-order valence-electron chi connectivity index (χ1n) is 10.3. The van der Waals surface area contributed by atoms with Crippen LogP contribution in [0.25, 0.3) is 6.08 Å². The number of aliphatic carboxylic acids is 1. The molecule has 188 valence electrons. The third-order valence-corrected chi connectivity index (χ3v) is 5.87. The molecule has 6 N–H and O–H groups in total. The van der Waals surface area contributed by atoms with E-state index < -0.39 is 47.7 Å². The molecule has 1 aromatic carbocycles. The summed E-state index contributed by atoms with van der Waals surface area (Å²) in [4.78, 5) is 48.4. The van der Waals surface area contributed by atoms with E-state index in [0.717, 1.165) is 17.4 Å². The molecule has 0 fully saturated rings. The Morgan fingerprint density at radius 3 is 2.56 bits per heavy atom. The summed E-state index contributed by atoms with van der Waals surface area (Å²) in [5.41, 5.74) is 5.26. The van der Waals surface area contributed by atoms with Crippen molar-refractivity contribution in [2.24, 2.45) is 0 Å². The van der Waals surface area contributed by atoms with Crippen LogP contribution in [0.15, 0.2) is 53.2 Å². The fraction of sp³-hybridized carbons (Fsp3) is 0.130. The van der Waals surface area contributed by atoms with Gasteiger partial charge in [-0.15, -0.1) is 11.3 Å². The molecule has 0 saturated carbocycles. The van der Waals surface area contributed by atoms with Crippen molar-refractivity contribution in [2.75, 3.05) is 12.3 Å². The number of hydrogen-bond acceptors (Lipinski definition) is 7. The van der Waals surface area contributed by atoms with Crippen LogP contribution in [-0.4, -0.2) is 41.4 Å². The first-order chi connectivity index (χ1) is 17.1. The van der Waals surface area contributed by atoms with E-state index in [9.17, 15) is 28.7 Å². The highest BCUT2D eigenvalue weighted by atomic mass is 35.5. The summed E-state index contributed by atoms with van der Waals surface area (Å²) >= 11 is 7.09.